The van der Waals surface area contributed by atoms with Gasteiger partial charge in [-0.25, -0.2) is 0 Å². The maximum absolute atomic E-state index is 5.29. The molecule has 0 aromatic heterocycles. The molecular formula is C7H13O2. The predicted octanol–water partition coefficient (Wildman–Crippen LogP) is 1.22. The van der Waals surface area contributed by atoms with Gasteiger partial charge in [-0.15, -0.1) is 0 Å². The van der Waals surface area contributed by atoms with Crippen LogP contribution >= 0.6 is 0 Å². The predicted molar refractivity (Wildman–Crippen MR) is 34.8 cm³/mol. The molecule has 0 N–H and O–H groups in total. The van der Waals surface area contributed by atoms with Crippen LogP contribution in [-0.2, 0) is 9.47 Å². The Balaban J connectivity index is 2.30. The fourth-order valence-electron chi connectivity index (χ4n) is 0.820. The molecule has 2 atom stereocenters. The van der Waals surface area contributed by atoms with Gasteiger partial charge in [0.05, 0.1) is 12.7 Å². The monoisotopic (exact) mass is 129 g/mol. The third-order valence-corrected chi connectivity index (χ3v) is 1.32. The Morgan fingerprint density at radius 3 is 2.44 bits per heavy atom. The second kappa shape index (κ2) is 2.67. The average molecular weight is 129 g/mol. The van der Waals surface area contributed by atoms with Crippen molar-refractivity contribution in [1.82, 2.24) is 0 Å². The molecule has 1 aliphatic heterocycles. The number of rotatable bonds is 1. The van der Waals surface area contributed by atoms with Crippen LogP contribution in [0.3, 0.4) is 0 Å². The van der Waals surface area contributed by atoms with Gasteiger partial charge < -0.3 is 9.47 Å². The largest absolute Gasteiger partial charge is 0.350 e. The summed E-state index contributed by atoms with van der Waals surface area (Å²) in [7, 11) is 0. The standard InChI is InChI=1S/C7H13O2/c1-5(2)7-8-4-6(3)9-7/h5-7H,3-4H2,1-2H3. The molecule has 1 aliphatic rings. The first-order chi connectivity index (χ1) is 4.20. The van der Waals surface area contributed by atoms with Crippen LogP contribution in [-0.4, -0.2) is 19.0 Å². The molecule has 53 valence electrons. The molecule has 1 saturated heterocycles. The van der Waals surface area contributed by atoms with Crippen LogP contribution in [0, 0.1) is 12.8 Å². The minimum atomic E-state index is -0.0208. The molecule has 1 fully saturated rings. The lowest BCUT2D eigenvalue weighted by Crippen LogP contribution is -2.16. The summed E-state index contributed by atoms with van der Waals surface area (Å²) in [5.41, 5.74) is 0. The summed E-state index contributed by atoms with van der Waals surface area (Å²) >= 11 is 0. The molecule has 1 heterocycles. The molecule has 0 amide bonds. The van der Waals surface area contributed by atoms with Gasteiger partial charge in [-0.05, 0) is 6.92 Å². The Labute approximate surface area is 56.2 Å². The van der Waals surface area contributed by atoms with Gasteiger partial charge in [-0.3, -0.25) is 0 Å². The maximum atomic E-state index is 5.29. The van der Waals surface area contributed by atoms with Gasteiger partial charge in [0.1, 0.15) is 0 Å². The lowest BCUT2D eigenvalue weighted by Gasteiger charge is -2.12. The summed E-state index contributed by atoms with van der Waals surface area (Å²) < 4.78 is 10.5. The zero-order valence-electron chi connectivity index (χ0n) is 5.96. The topological polar surface area (TPSA) is 18.5 Å². The summed E-state index contributed by atoms with van der Waals surface area (Å²) in [4.78, 5) is 0. The van der Waals surface area contributed by atoms with E-state index in [4.69, 9.17) is 9.47 Å². The lowest BCUT2D eigenvalue weighted by molar-refractivity contribution is -0.0816. The van der Waals surface area contributed by atoms with Crippen molar-refractivity contribution >= 4 is 0 Å². The molecule has 0 aliphatic carbocycles. The molecule has 2 heteroatoms. The Hall–Kier alpha value is -0.0800. The van der Waals surface area contributed by atoms with Crippen molar-refractivity contribution in [3.63, 3.8) is 0 Å². The van der Waals surface area contributed by atoms with Crippen molar-refractivity contribution in [3.05, 3.63) is 6.92 Å². The number of ether oxygens (including phenoxy) is 2. The Morgan fingerprint density at radius 2 is 2.22 bits per heavy atom. The van der Waals surface area contributed by atoms with Gasteiger partial charge in [-0.1, -0.05) is 13.8 Å². The van der Waals surface area contributed by atoms with E-state index in [9.17, 15) is 0 Å². The minimum Gasteiger partial charge on any atom is -0.350 e. The third-order valence-electron chi connectivity index (χ3n) is 1.32. The first kappa shape index (κ1) is 7.03. The molecule has 0 spiro atoms. The van der Waals surface area contributed by atoms with Gasteiger partial charge >= 0.3 is 0 Å². The quantitative estimate of drug-likeness (QED) is 0.530. The first-order valence-electron chi connectivity index (χ1n) is 3.30. The molecule has 0 saturated carbocycles. The molecule has 1 radical (unpaired) electrons. The molecule has 0 aromatic carbocycles. The van der Waals surface area contributed by atoms with Crippen LogP contribution in [0.15, 0.2) is 0 Å². The van der Waals surface area contributed by atoms with E-state index in [0.29, 0.717) is 12.5 Å². The Morgan fingerprint density at radius 1 is 1.56 bits per heavy atom. The van der Waals surface area contributed by atoms with E-state index in [2.05, 4.69) is 20.8 Å². The molecule has 2 unspecified atom stereocenters. The number of hydrogen-bond donors (Lipinski definition) is 0. The second-order valence-corrected chi connectivity index (χ2v) is 2.70. The van der Waals surface area contributed by atoms with E-state index in [-0.39, 0.29) is 12.4 Å². The molecule has 2 nitrogen and oxygen atoms in total. The smallest absolute Gasteiger partial charge is 0.160 e. The van der Waals surface area contributed by atoms with Gasteiger partial charge in [0, 0.05) is 5.92 Å². The van der Waals surface area contributed by atoms with Crippen molar-refractivity contribution < 1.29 is 9.47 Å². The molecule has 0 bridgehead atoms. The maximum Gasteiger partial charge on any atom is 0.160 e. The third kappa shape index (κ3) is 1.66. The Bertz CT molecular complexity index is 90.9. The highest BCUT2D eigenvalue weighted by Crippen LogP contribution is 2.17. The fourth-order valence-corrected chi connectivity index (χ4v) is 0.820. The van der Waals surface area contributed by atoms with E-state index < -0.39 is 0 Å². The van der Waals surface area contributed by atoms with Crippen molar-refractivity contribution in [2.45, 2.75) is 26.2 Å². The van der Waals surface area contributed by atoms with Gasteiger partial charge in [0.2, 0.25) is 0 Å². The summed E-state index contributed by atoms with van der Waals surface area (Å²) in [5.74, 6) is 0.441. The second-order valence-electron chi connectivity index (χ2n) is 2.70. The normalized spacial score (nSPS) is 36.0. The van der Waals surface area contributed by atoms with Crippen LogP contribution < -0.4 is 0 Å². The van der Waals surface area contributed by atoms with E-state index in [1.807, 2.05) is 0 Å². The van der Waals surface area contributed by atoms with E-state index >= 15 is 0 Å². The highest BCUT2D eigenvalue weighted by molar-refractivity contribution is 4.68. The fraction of sp³-hybridized carbons (Fsp3) is 0.857. The van der Waals surface area contributed by atoms with Gasteiger partial charge in [-0.2, -0.15) is 0 Å². The van der Waals surface area contributed by atoms with Crippen molar-refractivity contribution in [1.29, 1.82) is 0 Å². The van der Waals surface area contributed by atoms with Crippen LogP contribution in [0.2, 0.25) is 0 Å². The molecular weight excluding hydrogens is 116 g/mol. The molecule has 9 heavy (non-hydrogen) atoms. The van der Waals surface area contributed by atoms with Gasteiger partial charge in [0.15, 0.2) is 6.29 Å². The van der Waals surface area contributed by atoms with Gasteiger partial charge in [0.25, 0.3) is 0 Å². The summed E-state index contributed by atoms with van der Waals surface area (Å²) in [5, 5.41) is 0. The molecule has 0 aromatic rings. The van der Waals surface area contributed by atoms with Crippen molar-refractivity contribution in [3.8, 4) is 0 Å². The Kier molecular flexibility index (Phi) is 2.09. The van der Waals surface area contributed by atoms with Crippen LogP contribution in [0.5, 0.6) is 0 Å². The zero-order chi connectivity index (χ0) is 6.85. The van der Waals surface area contributed by atoms with Crippen LogP contribution in [0.4, 0.5) is 0 Å². The van der Waals surface area contributed by atoms with E-state index in [0.717, 1.165) is 0 Å². The van der Waals surface area contributed by atoms with Crippen LogP contribution in [0.1, 0.15) is 13.8 Å². The minimum absolute atomic E-state index is 0.0208. The van der Waals surface area contributed by atoms with Crippen molar-refractivity contribution in [2.75, 3.05) is 6.61 Å². The highest BCUT2D eigenvalue weighted by Gasteiger charge is 2.24. The lowest BCUT2D eigenvalue weighted by atomic mass is 10.2. The zero-order valence-corrected chi connectivity index (χ0v) is 5.96. The first-order valence-corrected chi connectivity index (χ1v) is 3.30. The number of hydrogen-bond acceptors (Lipinski definition) is 2. The highest BCUT2D eigenvalue weighted by atomic mass is 16.7. The van der Waals surface area contributed by atoms with E-state index in [1.54, 1.807) is 0 Å². The van der Waals surface area contributed by atoms with Crippen molar-refractivity contribution in [2.24, 2.45) is 5.92 Å². The van der Waals surface area contributed by atoms with E-state index in [1.165, 1.54) is 0 Å². The SMILES string of the molecule is [CH2]C1COC(C(C)C)O1. The molecule has 1 rings (SSSR count). The van der Waals surface area contributed by atoms with Crippen LogP contribution in [0.25, 0.3) is 0 Å². The average Bonchev–Trinajstić information content (AvgIpc) is 2.14. The summed E-state index contributed by atoms with van der Waals surface area (Å²) in [6.07, 6.45) is 0.0184. The summed E-state index contributed by atoms with van der Waals surface area (Å²) in [6, 6.07) is 0. The summed E-state index contributed by atoms with van der Waals surface area (Å²) in [6.45, 7) is 8.51.